The summed E-state index contributed by atoms with van der Waals surface area (Å²) in [6.07, 6.45) is 4.16. The smallest absolute Gasteiger partial charge is 0.230 e. The molecule has 1 aromatic heterocycles. The van der Waals surface area contributed by atoms with Crippen molar-refractivity contribution in [2.75, 3.05) is 0 Å². The molecular weight excluding hydrogens is 236 g/mol. The van der Waals surface area contributed by atoms with E-state index in [0.29, 0.717) is 12.5 Å². The molecule has 0 spiro atoms. The van der Waals surface area contributed by atoms with Crippen molar-refractivity contribution in [2.24, 2.45) is 5.73 Å². The summed E-state index contributed by atoms with van der Waals surface area (Å²) in [6, 6.07) is 0. The molecule has 92 valence electrons. The molecule has 5 nitrogen and oxygen atoms in total. The molecule has 1 atom stereocenters. The highest BCUT2D eigenvalue weighted by Gasteiger charge is 2.30. The number of hydrogen-bond donors (Lipinski definition) is 1. The largest absolute Gasteiger partial charge is 0.369 e. The second kappa shape index (κ2) is 4.91. The Morgan fingerprint density at radius 2 is 2.41 bits per heavy atom. The number of carbonyl (C=O) groups is 1. The maximum Gasteiger partial charge on any atom is 0.230 e. The Morgan fingerprint density at radius 1 is 1.71 bits per heavy atom. The molecule has 6 heteroatoms. The highest BCUT2D eigenvalue weighted by molar-refractivity contribution is 8.00. The second-order valence-electron chi connectivity index (χ2n) is 4.18. The van der Waals surface area contributed by atoms with E-state index in [9.17, 15) is 4.79 Å². The van der Waals surface area contributed by atoms with Crippen LogP contribution < -0.4 is 5.73 Å². The predicted octanol–water partition coefficient (Wildman–Crippen LogP) is 1.31. The van der Waals surface area contributed by atoms with Gasteiger partial charge in [-0.25, -0.2) is 0 Å². The van der Waals surface area contributed by atoms with Crippen LogP contribution in [0.4, 0.5) is 0 Å². The summed E-state index contributed by atoms with van der Waals surface area (Å²) in [6.45, 7) is 6.18. The van der Waals surface area contributed by atoms with E-state index in [-0.39, 0.29) is 11.2 Å². The molecule has 1 aromatic rings. The van der Waals surface area contributed by atoms with Crippen LogP contribution in [0.1, 0.15) is 31.5 Å². The number of nitrogens with zero attached hydrogens (tertiary/aromatic N) is 3. The monoisotopic (exact) mass is 252 g/mol. The molecule has 2 N–H and O–H groups in total. The first kappa shape index (κ1) is 12.2. The van der Waals surface area contributed by atoms with Gasteiger partial charge in [-0.15, -0.1) is 16.8 Å². The summed E-state index contributed by atoms with van der Waals surface area (Å²) in [4.78, 5) is 11.0. The summed E-state index contributed by atoms with van der Waals surface area (Å²) < 4.78 is 2.02. The number of nitrogens with two attached hydrogens (primary N) is 1. The molecule has 2 rings (SSSR count). The highest BCUT2D eigenvalue weighted by atomic mass is 32.2. The van der Waals surface area contributed by atoms with Gasteiger partial charge in [0.2, 0.25) is 5.91 Å². The van der Waals surface area contributed by atoms with Crippen LogP contribution in [0.5, 0.6) is 0 Å². The van der Waals surface area contributed by atoms with E-state index in [1.165, 1.54) is 24.6 Å². The van der Waals surface area contributed by atoms with E-state index in [4.69, 9.17) is 5.73 Å². The zero-order valence-electron chi connectivity index (χ0n) is 9.80. The van der Waals surface area contributed by atoms with Crippen molar-refractivity contribution in [1.29, 1.82) is 0 Å². The lowest BCUT2D eigenvalue weighted by molar-refractivity contribution is -0.117. The first-order valence-electron chi connectivity index (χ1n) is 5.63. The van der Waals surface area contributed by atoms with Crippen LogP contribution in [0.15, 0.2) is 17.8 Å². The average molecular weight is 252 g/mol. The number of primary amides is 1. The van der Waals surface area contributed by atoms with E-state index in [0.717, 1.165) is 11.0 Å². The molecule has 1 fully saturated rings. The topological polar surface area (TPSA) is 73.8 Å². The molecule has 0 aromatic carbocycles. The van der Waals surface area contributed by atoms with Crippen molar-refractivity contribution in [2.45, 2.75) is 42.6 Å². The van der Waals surface area contributed by atoms with Crippen molar-refractivity contribution in [3.05, 3.63) is 18.5 Å². The normalized spacial score (nSPS) is 16.8. The number of aromatic nitrogens is 3. The van der Waals surface area contributed by atoms with Gasteiger partial charge >= 0.3 is 0 Å². The van der Waals surface area contributed by atoms with E-state index >= 15 is 0 Å². The average Bonchev–Trinajstić information content (AvgIpc) is 3.05. The Balaban J connectivity index is 2.20. The van der Waals surface area contributed by atoms with Crippen LogP contribution in [0.25, 0.3) is 0 Å². The van der Waals surface area contributed by atoms with Gasteiger partial charge in [-0.2, -0.15) is 0 Å². The fraction of sp³-hybridized carbons (Fsp3) is 0.545. The number of hydrogen-bond acceptors (Lipinski definition) is 4. The Hall–Kier alpha value is -1.30. The number of allylic oxidation sites excluding steroid dienone is 1. The number of rotatable bonds is 6. The lowest BCUT2D eigenvalue weighted by Crippen LogP contribution is -2.23. The van der Waals surface area contributed by atoms with Gasteiger partial charge in [-0.3, -0.25) is 4.79 Å². The molecule has 1 unspecified atom stereocenters. The van der Waals surface area contributed by atoms with E-state index in [1.54, 1.807) is 6.92 Å². The van der Waals surface area contributed by atoms with Crippen LogP contribution in [0, 0.1) is 0 Å². The first-order valence-corrected chi connectivity index (χ1v) is 6.51. The second-order valence-corrected chi connectivity index (χ2v) is 5.48. The zero-order chi connectivity index (χ0) is 12.4. The lowest BCUT2D eigenvalue weighted by atomic mass is 10.4. The first-order chi connectivity index (χ1) is 8.13. The third-order valence-corrected chi connectivity index (χ3v) is 3.78. The maximum atomic E-state index is 11.0. The Labute approximate surface area is 104 Å². The summed E-state index contributed by atoms with van der Waals surface area (Å²) >= 11 is 1.35. The molecule has 1 aliphatic rings. The molecule has 1 aliphatic carbocycles. The van der Waals surface area contributed by atoms with Gasteiger partial charge in [0.05, 0.1) is 5.25 Å². The minimum Gasteiger partial charge on any atom is -0.369 e. The van der Waals surface area contributed by atoms with Crippen LogP contribution in [0.2, 0.25) is 0 Å². The summed E-state index contributed by atoms with van der Waals surface area (Å²) in [5.74, 6) is 1.20. The van der Waals surface area contributed by atoms with Crippen molar-refractivity contribution in [3.8, 4) is 0 Å². The molecule has 1 heterocycles. The fourth-order valence-corrected chi connectivity index (χ4v) is 2.36. The molecule has 0 saturated heterocycles. The minimum absolute atomic E-state index is 0.296. The summed E-state index contributed by atoms with van der Waals surface area (Å²) in [5, 5.41) is 8.79. The van der Waals surface area contributed by atoms with Gasteiger partial charge in [-0.05, 0) is 19.8 Å². The minimum atomic E-state index is -0.337. The van der Waals surface area contributed by atoms with E-state index < -0.39 is 0 Å². The van der Waals surface area contributed by atoms with E-state index in [1.807, 2.05) is 10.6 Å². The third-order valence-electron chi connectivity index (χ3n) is 2.68. The van der Waals surface area contributed by atoms with Crippen molar-refractivity contribution < 1.29 is 4.79 Å². The number of carbonyl (C=O) groups excluding carboxylic acids is 1. The van der Waals surface area contributed by atoms with Gasteiger partial charge in [0.1, 0.15) is 5.82 Å². The molecule has 0 bridgehead atoms. The third kappa shape index (κ3) is 2.69. The number of thioether (sulfide) groups is 1. The van der Waals surface area contributed by atoms with Gasteiger partial charge in [-0.1, -0.05) is 17.8 Å². The fourth-order valence-electron chi connectivity index (χ4n) is 1.55. The molecule has 1 amide bonds. The molecule has 0 aliphatic heterocycles. The Morgan fingerprint density at radius 3 is 2.94 bits per heavy atom. The molecule has 17 heavy (non-hydrogen) atoms. The molecule has 1 saturated carbocycles. The van der Waals surface area contributed by atoms with Crippen molar-refractivity contribution in [1.82, 2.24) is 14.8 Å². The maximum absolute atomic E-state index is 11.0. The molecular formula is C11H16N4OS. The van der Waals surface area contributed by atoms with Gasteiger partial charge in [0.15, 0.2) is 5.16 Å². The predicted molar refractivity (Wildman–Crippen MR) is 66.7 cm³/mol. The Kier molecular flexibility index (Phi) is 3.51. The van der Waals surface area contributed by atoms with Gasteiger partial charge < -0.3 is 10.3 Å². The van der Waals surface area contributed by atoms with Crippen molar-refractivity contribution >= 4 is 17.7 Å². The quantitative estimate of drug-likeness (QED) is 0.612. The lowest BCUT2D eigenvalue weighted by Gasteiger charge is -2.09. The van der Waals surface area contributed by atoms with Gasteiger partial charge in [0, 0.05) is 12.5 Å². The molecule has 0 radical (unpaired) electrons. The SMILES string of the molecule is C=CCn1c(SC(C)C(N)=O)nnc1C1CC1. The number of amides is 1. The summed E-state index contributed by atoms with van der Waals surface area (Å²) in [5.41, 5.74) is 5.25. The van der Waals surface area contributed by atoms with Crippen LogP contribution >= 0.6 is 11.8 Å². The van der Waals surface area contributed by atoms with Crippen molar-refractivity contribution in [3.63, 3.8) is 0 Å². The highest BCUT2D eigenvalue weighted by Crippen LogP contribution is 2.40. The van der Waals surface area contributed by atoms with Gasteiger partial charge in [0.25, 0.3) is 0 Å². The Bertz CT molecular complexity index is 439. The van der Waals surface area contributed by atoms with Crippen LogP contribution in [-0.2, 0) is 11.3 Å². The van der Waals surface area contributed by atoms with Crippen LogP contribution in [-0.4, -0.2) is 25.9 Å². The standard InChI is InChI=1S/C11H16N4OS/c1-3-6-15-10(8-4-5-8)13-14-11(15)17-7(2)9(12)16/h3,7-8H,1,4-6H2,2H3,(H2,12,16). The zero-order valence-corrected chi connectivity index (χ0v) is 10.6. The van der Waals surface area contributed by atoms with Crippen LogP contribution in [0.3, 0.4) is 0 Å². The van der Waals surface area contributed by atoms with E-state index in [2.05, 4.69) is 16.8 Å². The summed E-state index contributed by atoms with van der Waals surface area (Å²) in [7, 11) is 0.